The summed E-state index contributed by atoms with van der Waals surface area (Å²) in [6, 6.07) is 14.7. The van der Waals surface area contributed by atoms with Gasteiger partial charge in [-0.1, -0.05) is 36.4 Å². The fraction of sp³-hybridized carbons (Fsp3) is 0.381. The maximum absolute atomic E-state index is 13.6. The van der Waals surface area contributed by atoms with Gasteiger partial charge in [-0.05, 0) is 36.1 Å². The fourth-order valence-electron chi connectivity index (χ4n) is 3.97. The molecule has 1 spiro atoms. The summed E-state index contributed by atoms with van der Waals surface area (Å²) >= 11 is 0. The number of carbonyl (C=O) groups is 1. The number of para-hydroxylation sites is 1. The highest BCUT2D eigenvalue weighted by molar-refractivity contribution is 5.90. The van der Waals surface area contributed by atoms with Gasteiger partial charge in [0.1, 0.15) is 5.82 Å². The molecule has 0 saturated carbocycles. The van der Waals surface area contributed by atoms with Crippen molar-refractivity contribution in [2.45, 2.75) is 31.5 Å². The number of rotatable bonds is 4. The molecule has 2 aromatic rings. The number of anilines is 1. The van der Waals surface area contributed by atoms with Crippen LogP contribution in [0.25, 0.3) is 0 Å². The van der Waals surface area contributed by atoms with E-state index in [9.17, 15) is 9.18 Å². The fourth-order valence-corrected chi connectivity index (χ4v) is 3.97. The molecule has 0 unspecified atom stereocenters. The van der Waals surface area contributed by atoms with E-state index in [0.717, 1.165) is 25.9 Å². The van der Waals surface area contributed by atoms with Crippen molar-refractivity contribution < 1.29 is 13.9 Å². The first-order valence-electron chi connectivity index (χ1n) is 9.15. The molecule has 0 aliphatic carbocycles. The van der Waals surface area contributed by atoms with E-state index >= 15 is 0 Å². The minimum atomic E-state index is -0.405. The van der Waals surface area contributed by atoms with Gasteiger partial charge in [0.05, 0.1) is 17.9 Å². The second kappa shape index (κ2) is 7.17. The van der Waals surface area contributed by atoms with Crippen LogP contribution in [0.4, 0.5) is 10.1 Å². The maximum Gasteiger partial charge on any atom is 0.225 e. The van der Waals surface area contributed by atoms with E-state index in [4.69, 9.17) is 4.74 Å². The molecule has 0 aromatic heterocycles. The summed E-state index contributed by atoms with van der Waals surface area (Å²) < 4.78 is 19.8. The summed E-state index contributed by atoms with van der Waals surface area (Å²) in [7, 11) is 0. The zero-order valence-corrected chi connectivity index (χ0v) is 14.7. The highest BCUT2D eigenvalue weighted by atomic mass is 19.1. The minimum absolute atomic E-state index is 0.150. The lowest BCUT2D eigenvalue weighted by atomic mass is 9.84. The number of hydrogen-bond acceptors (Lipinski definition) is 3. The Kier molecular flexibility index (Phi) is 4.74. The molecule has 136 valence electrons. The third-order valence-corrected chi connectivity index (χ3v) is 5.48. The molecule has 0 radical (unpaired) electrons. The van der Waals surface area contributed by atoms with Gasteiger partial charge in [-0.25, -0.2) is 4.39 Å². The molecule has 1 fully saturated rings. The molecule has 2 aromatic carbocycles. The van der Waals surface area contributed by atoms with Crippen LogP contribution in [-0.4, -0.2) is 30.4 Å². The smallest absolute Gasteiger partial charge is 0.225 e. The molecule has 5 heteroatoms. The molecule has 2 heterocycles. The van der Waals surface area contributed by atoms with Gasteiger partial charge in [0.25, 0.3) is 0 Å². The van der Waals surface area contributed by atoms with Crippen molar-refractivity contribution in [2.24, 2.45) is 0 Å². The largest absolute Gasteiger partial charge is 0.365 e. The number of amides is 1. The lowest BCUT2D eigenvalue weighted by Gasteiger charge is -2.39. The molecule has 2 aliphatic heterocycles. The Morgan fingerprint density at radius 2 is 1.85 bits per heavy atom. The van der Waals surface area contributed by atoms with Gasteiger partial charge in [-0.3, -0.25) is 4.79 Å². The van der Waals surface area contributed by atoms with Crippen molar-refractivity contribution in [3.8, 4) is 0 Å². The van der Waals surface area contributed by atoms with Crippen LogP contribution >= 0.6 is 0 Å². The van der Waals surface area contributed by atoms with Crippen LogP contribution in [0.5, 0.6) is 0 Å². The molecule has 2 aliphatic rings. The number of fused-ring (bicyclic) bond motifs is 2. The molecule has 4 rings (SSSR count). The summed E-state index contributed by atoms with van der Waals surface area (Å²) in [5, 5.41) is 2.65. The molecule has 1 saturated heterocycles. The van der Waals surface area contributed by atoms with Crippen molar-refractivity contribution in [2.75, 3.05) is 25.0 Å². The SMILES string of the molecule is O=C(CCN1CCC2(CC1)OCc1ccccc12)Nc1ccccc1F. The van der Waals surface area contributed by atoms with E-state index in [2.05, 4.69) is 34.5 Å². The number of benzene rings is 2. The molecule has 1 N–H and O–H groups in total. The first kappa shape index (κ1) is 17.2. The maximum atomic E-state index is 13.6. The number of likely N-dealkylation sites (tertiary alicyclic amines) is 1. The Balaban J connectivity index is 1.28. The highest BCUT2D eigenvalue weighted by Crippen LogP contribution is 2.43. The number of ether oxygens (including phenoxy) is 1. The van der Waals surface area contributed by atoms with Gasteiger partial charge in [-0.2, -0.15) is 0 Å². The van der Waals surface area contributed by atoms with Gasteiger partial charge < -0.3 is 15.0 Å². The number of nitrogens with one attached hydrogen (secondary N) is 1. The van der Waals surface area contributed by atoms with E-state index in [-0.39, 0.29) is 17.2 Å². The quantitative estimate of drug-likeness (QED) is 0.911. The lowest BCUT2D eigenvalue weighted by Crippen LogP contribution is -2.43. The molecular formula is C21H23FN2O2. The van der Waals surface area contributed by atoms with E-state index in [1.807, 2.05) is 0 Å². The van der Waals surface area contributed by atoms with Gasteiger partial charge >= 0.3 is 0 Å². The van der Waals surface area contributed by atoms with Crippen molar-refractivity contribution >= 4 is 11.6 Å². The summed E-state index contributed by atoms with van der Waals surface area (Å²) in [5.74, 6) is -0.560. The summed E-state index contributed by atoms with van der Waals surface area (Å²) in [4.78, 5) is 14.4. The molecule has 1 amide bonds. The lowest BCUT2D eigenvalue weighted by molar-refractivity contribution is -0.117. The minimum Gasteiger partial charge on any atom is -0.365 e. The topological polar surface area (TPSA) is 41.6 Å². The first-order chi connectivity index (χ1) is 12.7. The van der Waals surface area contributed by atoms with Crippen molar-refractivity contribution in [3.05, 3.63) is 65.5 Å². The van der Waals surface area contributed by atoms with Gasteiger partial charge in [0.2, 0.25) is 5.91 Å². The van der Waals surface area contributed by atoms with Crippen molar-refractivity contribution in [1.29, 1.82) is 0 Å². The molecule has 0 bridgehead atoms. The summed E-state index contributed by atoms with van der Waals surface area (Å²) in [6.45, 7) is 3.18. The average Bonchev–Trinajstić information content (AvgIpc) is 3.02. The first-order valence-corrected chi connectivity index (χ1v) is 9.15. The zero-order chi connectivity index (χ0) is 18.0. The summed E-state index contributed by atoms with van der Waals surface area (Å²) in [5.41, 5.74) is 2.72. The standard InChI is InChI=1S/C21H23FN2O2/c22-18-7-3-4-8-19(18)23-20(25)9-12-24-13-10-21(11-14-24)17-6-2-1-5-16(17)15-26-21/h1-8H,9-15H2,(H,23,25). The van der Waals surface area contributed by atoms with Gasteiger partial charge in [0.15, 0.2) is 0 Å². The number of nitrogens with zero attached hydrogens (tertiary/aromatic N) is 1. The number of hydrogen-bond donors (Lipinski definition) is 1. The van der Waals surface area contributed by atoms with Gasteiger partial charge in [0, 0.05) is 26.1 Å². The van der Waals surface area contributed by atoms with Crippen LogP contribution in [0, 0.1) is 5.82 Å². The second-order valence-electron chi connectivity index (χ2n) is 7.06. The van der Waals surface area contributed by atoms with Crippen LogP contribution in [0.1, 0.15) is 30.4 Å². The van der Waals surface area contributed by atoms with Crippen LogP contribution < -0.4 is 5.32 Å². The molecule has 26 heavy (non-hydrogen) atoms. The van der Waals surface area contributed by atoms with E-state index in [0.29, 0.717) is 19.6 Å². The predicted octanol–water partition coefficient (Wildman–Crippen LogP) is 3.68. The Morgan fingerprint density at radius 3 is 2.65 bits per heavy atom. The monoisotopic (exact) mass is 354 g/mol. The van der Waals surface area contributed by atoms with Crippen LogP contribution in [0.15, 0.2) is 48.5 Å². The van der Waals surface area contributed by atoms with Gasteiger partial charge in [-0.15, -0.1) is 0 Å². The molecule has 0 atom stereocenters. The molecule has 4 nitrogen and oxygen atoms in total. The third kappa shape index (κ3) is 3.37. The average molecular weight is 354 g/mol. The normalized spacial score (nSPS) is 18.7. The number of piperidine rings is 1. The highest BCUT2D eigenvalue weighted by Gasteiger charge is 2.42. The molecular weight excluding hydrogens is 331 g/mol. The Hall–Kier alpha value is -2.24. The van der Waals surface area contributed by atoms with Crippen molar-refractivity contribution in [1.82, 2.24) is 4.90 Å². The van der Waals surface area contributed by atoms with Crippen molar-refractivity contribution in [3.63, 3.8) is 0 Å². The Bertz CT molecular complexity index is 800. The van der Waals surface area contributed by atoms with E-state index in [1.165, 1.54) is 17.2 Å². The third-order valence-electron chi connectivity index (χ3n) is 5.48. The Labute approximate surface area is 153 Å². The van der Waals surface area contributed by atoms with E-state index < -0.39 is 5.82 Å². The zero-order valence-electron chi connectivity index (χ0n) is 14.7. The van der Waals surface area contributed by atoms with Crippen LogP contribution in [0.2, 0.25) is 0 Å². The summed E-state index contributed by atoms with van der Waals surface area (Å²) in [6.07, 6.45) is 2.25. The Morgan fingerprint density at radius 1 is 1.12 bits per heavy atom. The van der Waals surface area contributed by atoms with E-state index in [1.54, 1.807) is 18.2 Å². The number of carbonyl (C=O) groups excluding carboxylic acids is 1. The van der Waals surface area contributed by atoms with Crippen LogP contribution in [0.3, 0.4) is 0 Å². The predicted molar refractivity (Wildman–Crippen MR) is 98.2 cm³/mol. The number of halogens is 1. The van der Waals surface area contributed by atoms with Crippen LogP contribution in [-0.2, 0) is 21.7 Å². The second-order valence-corrected chi connectivity index (χ2v) is 7.06.